The Morgan fingerprint density at radius 3 is 2.40 bits per heavy atom. The topological polar surface area (TPSA) is 157 Å². The molecule has 0 radical (unpaired) electrons. The number of methoxy groups -OCH3 is 1. The number of aromatic nitrogens is 1. The zero-order valence-electron chi connectivity index (χ0n) is 33.0. The summed E-state index contributed by atoms with van der Waals surface area (Å²) in [7, 11) is -3.10. The zero-order valence-corrected chi connectivity index (χ0v) is 35.4. The van der Waals surface area contributed by atoms with E-state index in [9.17, 15) is 32.0 Å². The Morgan fingerprint density at radius 2 is 1.72 bits per heavy atom. The summed E-state index contributed by atoms with van der Waals surface area (Å²) < 4.78 is 85.6. The molecule has 13 nitrogen and oxygen atoms in total. The standard InChI is InChI=1S/C42H45Cl2F2N3O10S/c1-4-48-16-15-25(2)38(23-48)58-41(51)39(28-7-5-9-30(17-28)55-3)47-60(53,54)31-10-6-8-29(18-31)40(50)57-36(20-32-33(43)21-49(52)22-34(32)44)27-13-14-35(59-42(45)46)37(19-27)56-24-26-11-12-26/h5-10,13-14,17-19,21-22,25-26,36,38-39,42,47H,4,11-12,15-16,20,23-24H2,1-3H3/t25?,36-,38-,39?/m0/s1. The normalized spacial score (nSPS) is 18.1. The van der Waals surface area contributed by atoms with Gasteiger partial charge in [-0.1, -0.05) is 61.3 Å². The van der Waals surface area contributed by atoms with E-state index >= 15 is 0 Å². The molecule has 18 heteroatoms. The van der Waals surface area contributed by atoms with Crippen LogP contribution < -0.4 is 23.7 Å². The highest BCUT2D eigenvalue weighted by Crippen LogP contribution is 2.38. The van der Waals surface area contributed by atoms with Crippen LogP contribution in [0.15, 0.2) is 84.0 Å². The largest absolute Gasteiger partial charge is 0.619 e. The molecule has 2 aliphatic rings. The van der Waals surface area contributed by atoms with Gasteiger partial charge in [0.2, 0.25) is 10.0 Å². The van der Waals surface area contributed by atoms with Gasteiger partial charge in [0.05, 0.1) is 24.2 Å². The number of carbonyl (C=O) groups excluding carboxylic acids is 2. The van der Waals surface area contributed by atoms with E-state index in [4.69, 9.17) is 42.1 Å². The molecule has 4 aromatic rings. The number of ether oxygens (including phenoxy) is 5. The van der Waals surface area contributed by atoms with Crippen LogP contribution >= 0.6 is 23.2 Å². The number of likely N-dealkylation sites (N-methyl/N-ethyl adjacent to an activating group) is 1. The number of hydrogen-bond acceptors (Lipinski definition) is 11. The van der Waals surface area contributed by atoms with Crippen molar-refractivity contribution in [3.8, 4) is 17.2 Å². The average Bonchev–Trinajstić information content (AvgIpc) is 4.06. The van der Waals surface area contributed by atoms with Gasteiger partial charge in [0.25, 0.3) is 0 Å². The number of halogens is 4. The number of benzene rings is 3. The van der Waals surface area contributed by atoms with Crippen LogP contribution in [-0.4, -0.2) is 71.3 Å². The monoisotopic (exact) mass is 891 g/mol. The summed E-state index contributed by atoms with van der Waals surface area (Å²) in [6.45, 7) is 3.21. The maximum atomic E-state index is 14.1. The van der Waals surface area contributed by atoms with Crippen molar-refractivity contribution in [3.05, 3.63) is 117 Å². The second kappa shape index (κ2) is 19.8. The van der Waals surface area contributed by atoms with Crippen LogP contribution in [0.25, 0.3) is 0 Å². The van der Waals surface area contributed by atoms with Gasteiger partial charge in [-0.15, -0.1) is 0 Å². The summed E-state index contributed by atoms with van der Waals surface area (Å²) in [6.07, 6.45) is 2.87. The first-order chi connectivity index (χ1) is 28.6. The predicted octanol–water partition coefficient (Wildman–Crippen LogP) is 7.46. The number of alkyl halides is 2. The zero-order chi connectivity index (χ0) is 43.1. The van der Waals surface area contributed by atoms with E-state index < -0.39 is 46.8 Å². The lowest BCUT2D eigenvalue weighted by molar-refractivity contribution is -0.605. The Hall–Kier alpha value is -4.74. The molecule has 1 aromatic heterocycles. The van der Waals surface area contributed by atoms with E-state index in [0.717, 1.165) is 50.8 Å². The fraction of sp³-hybridized carbons (Fsp3) is 0.405. The maximum absolute atomic E-state index is 14.1. The number of esters is 2. The minimum Gasteiger partial charge on any atom is -0.619 e. The lowest BCUT2D eigenvalue weighted by Crippen LogP contribution is -2.46. The van der Waals surface area contributed by atoms with Crippen molar-refractivity contribution >= 4 is 45.2 Å². The van der Waals surface area contributed by atoms with Crippen LogP contribution in [0.1, 0.15) is 72.3 Å². The molecule has 2 heterocycles. The highest BCUT2D eigenvalue weighted by molar-refractivity contribution is 7.89. The van der Waals surface area contributed by atoms with Crippen molar-refractivity contribution in [3.63, 3.8) is 0 Å². The highest BCUT2D eigenvalue weighted by atomic mass is 35.5. The number of carbonyl (C=O) groups is 2. The van der Waals surface area contributed by atoms with Crippen LogP contribution in [0.3, 0.4) is 0 Å². The van der Waals surface area contributed by atoms with Crippen molar-refractivity contribution in [1.29, 1.82) is 0 Å². The van der Waals surface area contributed by atoms with Crippen molar-refractivity contribution < 1.29 is 55.2 Å². The Bertz CT molecular complexity index is 2260. The molecule has 1 aliphatic carbocycles. The molecule has 6 rings (SSSR count). The number of hydrogen-bond donors (Lipinski definition) is 1. The van der Waals surface area contributed by atoms with Crippen LogP contribution in [0.4, 0.5) is 8.78 Å². The Balaban J connectivity index is 1.29. The molecule has 4 atom stereocenters. The Labute approximate surface area is 357 Å². The van der Waals surface area contributed by atoms with Crippen molar-refractivity contribution in [2.75, 3.05) is 33.4 Å². The van der Waals surface area contributed by atoms with Gasteiger partial charge >= 0.3 is 18.6 Å². The number of piperidine rings is 1. The van der Waals surface area contributed by atoms with E-state index in [1.165, 1.54) is 49.6 Å². The number of likely N-dealkylation sites (tertiary alicyclic amines) is 1. The smallest absolute Gasteiger partial charge is 0.387 e. The van der Waals surface area contributed by atoms with Gasteiger partial charge in [0.1, 0.15) is 34.0 Å². The third kappa shape index (κ3) is 11.5. The summed E-state index contributed by atoms with van der Waals surface area (Å²) in [5.41, 5.74) is 0.576. The molecule has 0 spiro atoms. The molecule has 322 valence electrons. The quantitative estimate of drug-likeness (QED) is 0.0601. The van der Waals surface area contributed by atoms with Crippen molar-refractivity contribution in [1.82, 2.24) is 9.62 Å². The van der Waals surface area contributed by atoms with Gasteiger partial charge in [-0.25, -0.2) is 18.0 Å². The van der Waals surface area contributed by atoms with Gasteiger partial charge in [-0.3, -0.25) is 4.90 Å². The van der Waals surface area contributed by atoms with Crippen LogP contribution in [-0.2, 0) is 30.7 Å². The number of rotatable bonds is 18. The van der Waals surface area contributed by atoms with E-state index in [2.05, 4.69) is 14.4 Å². The number of sulfonamides is 1. The van der Waals surface area contributed by atoms with Gasteiger partial charge in [-0.2, -0.15) is 18.2 Å². The van der Waals surface area contributed by atoms with Gasteiger partial charge in [0.15, 0.2) is 23.9 Å². The number of nitrogens with zero attached hydrogens (tertiary/aromatic N) is 2. The SMILES string of the molecule is CCN1CCC(C)[C@@H](OC(=O)C(NS(=O)(=O)c2cccc(C(=O)O[C@@H](Cc3c(Cl)c[n+]([O-])cc3Cl)c3ccc(OC(F)F)c(OCC4CC4)c3)c2)c2cccc(OC)c2)C1. The number of nitrogens with one attached hydrogen (secondary N) is 1. The van der Waals surface area contributed by atoms with Crippen LogP contribution in [0.2, 0.25) is 10.0 Å². The molecule has 1 aliphatic heterocycles. The summed E-state index contributed by atoms with van der Waals surface area (Å²) in [5, 5.41) is 11.9. The summed E-state index contributed by atoms with van der Waals surface area (Å²) in [4.78, 5) is 29.7. The Morgan fingerprint density at radius 1 is 0.983 bits per heavy atom. The van der Waals surface area contributed by atoms with Gasteiger partial charge < -0.3 is 28.9 Å². The molecular weight excluding hydrogens is 847 g/mol. The summed E-state index contributed by atoms with van der Waals surface area (Å²) in [6, 6.07) is 13.9. The fourth-order valence-electron chi connectivity index (χ4n) is 6.70. The predicted molar refractivity (Wildman–Crippen MR) is 217 cm³/mol. The van der Waals surface area contributed by atoms with E-state index in [-0.39, 0.29) is 73.6 Å². The van der Waals surface area contributed by atoms with Crippen molar-refractivity contribution in [2.45, 2.75) is 69.3 Å². The summed E-state index contributed by atoms with van der Waals surface area (Å²) >= 11 is 12.8. The fourth-order valence-corrected chi connectivity index (χ4v) is 8.52. The molecule has 1 saturated heterocycles. The van der Waals surface area contributed by atoms with Crippen molar-refractivity contribution in [2.24, 2.45) is 11.8 Å². The molecule has 3 aromatic carbocycles. The minimum absolute atomic E-state index is 0.0210. The first-order valence-corrected chi connectivity index (χ1v) is 21.6. The second-order valence-corrected chi connectivity index (χ2v) is 17.3. The van der Waals surface area contributed by atoms with Gasteiger partial charge in [-0.05, 0) is 97.8 Å². The first kappa shape index (κ1) is 44.8. The summed E-state index contributed by atoms with van der Waals surface area (Å²) in [5.74, 6) is -1.38. The number of pyridine rings is 1. The van der Waals surface area contributed by atoms with Gasteiger partial charge in [0, 0.05) is 18.5 Å². The molecule has 0 bridgehead atoms. The molecule has 2 fully saturated rings. The lowest BCUT2D eigenvalue weighted by Gasteiger charge is -2.36. The molecule has 1 saturated carbocycles. The van der Waals surface area contributed by atoms with Crippen LogP contribution in [0.5, 0.6) is 17.2 Å². The highest BCUT2D eigenvalue weighted by Gasteiger charge is 2.35. The minimum atomic E-state index is -4.54. The first-order valence-electron chi connectivity index (χ1n) is 19.3. The third-order valence-corrected chi connectivity index (χ3v) is 12.5. The lowest BCUT2D eigenvalue weighted by atomic mass is 9.95. The molecule has 60 heavy (non-hydrogen) atoms. The average molecular weight is 893 g/mol. The van der Waals surface area contributed by atoms with E-state index in [1.54, 1.807) is 18.2 Å². The molecule has 2 unspecified atom stereocenters. The Kier molecular flexibility index (Phi) is 14.8. The second-order valence-electron chi connectivity index (χ2n) is 14.7. The van der Waals surface area contributed by atoms with E-state index in [0.29, 0.717) is 17.0 Å². The third-order valence-electron chi connectivity index (χ3n) is 10.4. The maximum Gasteiger partial charge on any atom is 0.387 e. The van der Waals surface area contributed by atoms with E-state index in [1.807, 2.05) is 13.8 Å². The molecule has 0 amide bonds. The molecular formula is C42H45Cl2F2N3O10S. The molecule has 1 N–H and O–H groups in total. The van der Waals surface area contributed by atoms with Crippen LogP contribution in [0, 0.1) is 17.0 Å².